The third-order valence-corrected chi connectivity index (χ3v) is 19.7. The van der Waals surface area contributed by atoms with Gasteiger partial charge in [0.2, 0.25) is 0 Å². The number of rotatable bonds is 11. The van der Waals surface area contributed by atoms with Crippen LogP contribution in [0.25, 0.3) is 0 Å². The van der Waals surface area contributed by atoms with Gasteiger partial charge in [0.15, 0.2) is 16.6 Å². The van der Waals surface area contributed by atoms with Crippen LogP contribution in [0.1, 0.15) is 65.7 Å². The van der Waals surface area contributed by atoms with E-state index in [2.05, 4.69) is 74.6 Å². The smallest absolute Gasteiger partial charge is 0.338 e. The summed E-state index contributed by atoms with van der Waals surface area (Å²) in [5.74, 6) is -1.68. The molecular weight excluding hydrogens is 549 g/mol. The molecule has 41 heavy (non-hydrogen) atoms. The number of esters is 2. The number of carbonyl (C=O) groups excluding carboxylic acids is 2. The molecule has 3 rings (SSSR count). The van der Waals surface area contributed by atoms with Crippen LogP contribution in [0.15, 0.2) is 42.0 Å². The second-order valence-electron chi connectivity index (χ2n) is 13.7. The number of ether oxygens (including phenoxy) is 2. The predicted molar refractivity (Wildman–Crippen MR) is 170 cm³/mol. The number of hydrogen-bond donors (Lipinski definition) is 0. The molecule has 1 fully saturated rings. The zero-order valence-electron chi connectivity index (χ0n) is 27.3. The molecule has 0 N–H and O–H groups in total. The lowest BCUT2D eigenvalue weighted by Gasteiger charge is -2.43. The van der Waals surface area contributed by atoms with Gasteiger partial charge in [-0.15, -0.1) is 0 Å². The van der Waals surface area contributed by atoms with Gasteiger partial charge >= 0.3 is 11.9 Å². The first-order chi connectivity index (χ1) is 19.2. The molecule has 1 saturated carbocycles. The molecule has 0 amide bonds. The molecule has 0 saturated heterocycles. The molecule has 0 radical (unpaired) electrons. The van der Waals surface area contributed by atoms with Crippen LogP contribution in [0, 0.1) is 29.6 Å². The fourth-order valence-electron chi connectivity index (χ4n) is 6.59. The first kappa shape index (κ1) is 33.8. The van der Waals surface area contributed by atoms with E-state index in [4.69, 9.17) is 18.3 Å². The van der Waals surface area contributed by atoms with E-state index >= 15 is 0 Å². The molecule has 1 aromatic rings. The molecule has 8 heteroatoms. The van der Waals surface area contributed by atoms with Crippen LogP contribution in [-0.2, 0) is 23.1 Å². The van der Waals surface area contributed by atoms with Gasteiger partial charge in [-0.2, -0.15) is 0 Å². The summed E-state index contributed by atoms with van der Waals surface area (Å²) in [6.07, 6.45) is 1.68. The van der Waals surface area contributed by atoms with Gasteiger partial charge < -0.3 is 18.3 Å². The normalized spacial score (nSPS) is 28.6. The Morgan fingerprint density at radius 3 is 2.05 bits per heavy atom. The summed E-state index contributed by atoms with van der Waals surface area (Å²) < 4.78 is 25.7. The van der Waals surface area contributed by atoms with Crippen LogP contribution in [0.5, 0.6) is 0 Å². The molecule has 2 aliphatic rings. The summed E-state index contributed by atoms with van der Waals surface area (Å²) >= 11 is 0. The van der Waals surface area contributed by atoms with Crippen LogP contribution in [-0.4, -0.2) is 54.5 Å². The fourth-order valence-corrected chi connectivity index (χ4v) is 10.6. The van der Waals surface area contributed by atoms with Crippen molar-refractivity contribution in [2.45, 2.75) is 104 Å². The maximum absolute atomic E-state index is 13.7. The van der Waals surface area contributed by atoms with E-state index < -0.39 is 28.7 Å². The Morgan fingerprint density at radius 1 is 0.951 bits per heavy atom. The second kappa shape index (κ2) is 13.3. The monoisotopic (exact) mass is 602 g/mol. The van der Waals surface area contributed by atoms with Crippen LogP contribution in [0.3, 0.4) is 0 Å². The highest BCUT2D eigenvalue weighted by molar-refractivity contribution is 6.74. The summed E-state index contributed by atoms with van der Waals surface area (Å²) in [7, 11) is -2.61. The summed E-state index contributed by atoms with van der Waals surface area (Å²) in [4.78, 5) is 27.1. The van der Waals surface area contributed by atoms with Crippen molar-refractivity contribution in [3.05, 3.63) is 47.5 Å². The summed E-state index contributed by atoms with van der Waals surface area (Å²) in [5.41, 5.74) is 1.64. The number of carbonyl (C=O) groups is 2. The third-order valence-electron chi connectivity index (χ3n) is 10.6. The minimum Gasteiger partial charge on any atom is -0.469 e. The largest absolute Gasteiger partial charge is 0.469 e. The molecular formula is C33H54O6Si2. The molecule has 0 spiro atoms. The van der Waals surface area contributed by atoms with Gasteiger partial charge in [0.1, 0.15) is 6.10 Å². The molecule has 1 aromatic carbocycles. The Kier molecular flexibility index (Phi) is 10.9. The molecule has 0 heterocycles. The predicted octanol–water partition coefficient (Wildman–Crippen LogP) is 7.87. The van der Waals surface area contributed by atoms with Gasteiger partial charge in [0, 0.05) is 30.3 Å². The van der Waals surface area contributed by atoms with E-state index in [9.17, 15) is 9.59 Å². The topological polar surface area (TPSA) is 71.1 Å². The summed E-state index contributed by atoms with van der Waals surface area (Å²) in [6.45, 7) is 22.5. The highest BCUT2D eigenvalue weighted by Gasteiger charge is 2.60. The van der Waals surface area contributed by atoms with Crippen molar-refractivity contribution < 1.29 is 27.9 Å². The third kappa shape index (κ3) is 6.92. The first-order valence-electron chi connectivity index (χ1n) is 15.5. The van der Waals surface area contributed by atoms with Crippen LogP contribution in [0.2, 0.25) is 36.3 Å². The van der Waals surface area contributed by atoms with Crippen LogP contribution < -0.4 is 0 Å². The summed E-state index contributed by atoms with van der Waals surface area (Å²) in [5, 5.41) is 0.0472. The van der Waals surface area contributed by atoms with Gasteiger partial charge in [0.05, 0.1) is 24.7 Å². The van der Waals surface area contributed by atoms with Crippen molar-refractivity contribution in [1.29, 1.82) is 0 Å². The van der Waals surface area contributed by atoms with E-state index in [1.165, 1.54) is 7.11 Å². The van der Waals surface area contributed by atoms with Crippen molar-refractivity contribution in [1.82, 2.24) is 0 Å². The van der Waals surface area contributed by atoms with Crippen molar-refractivity contribution in [2.24, 2.45) is 29.6 Å². The number of methoxy groups -OCH3 is 1. The highest BCUT2D eigenvalue weighted by atomic mass is 28.4. The van der Waals surface area contributed by atoms with Crippen molar-refractivity contribution in [3.8, 4) is 0 Å². The van der Waals surface area contributed by atoms with E-state index in [-0.39, 0.29) is 46.8 Å². The number of benzene rings is 1. The van der Waals surface area contributed by atoms with Gasteiger partial charge in [0.25, 0.3) is 0 Å². The Hall–Kier alpha value is -1.75. The maximum Gasteiger partial charge on any atom is 0.338 e. The van der Waals surface area contributed by atoms with Gasteiger partial charge in [-0.1, -0.05) is 78.3 Å². The average Bonchev–Trinajstić information content (AvgIpc) is 3.18. The van der Waals surface area contributed by atoms with Gasteiger partial charge in [-0.25, -0.2) is 4.79 Å². The van der Waals surface area contributed by atoms with E-state index in [1.807, 2.05) is 18.2 Å². The Balaban J connectivity index is 2.09. The molecule has 7 atom stereocenters. The standard InChI is InChI=1S/C33H54O6Si2/c1-12-41(13-2,14-3)39-29-23(5)30(38-31(34)24-18-16-15-17-19-24)27-25(29)20-22(4)26(28(27)32(35)36-9)21-37-40(10,11)33(6,7)8/h15-20,23,25-30H,12-14,21H2,1-11H3/t23-,25-,26+,27+,28+,29+,30+/m0/s1. The van der Waals surface area contributed by atoms with Crippen molar-refractivity contribution in [2.75, 3.05) is 13.7 Å². The Bertz CT molecular complexity index is 1070. The Morgan fingerprint density at radius 2 is 1.54 bits per heavy atom. The van der Waals surface area contributed by atoms with Crippen LogP contribution >= 0.6 is 0 Å². The quantitative estimate of drug-likeness (QED) is 0.146. The minimum atomic E-state index is -2.07. The molecule has 0 unspecified atom stereocenters. The second-order valence-corrected chi connectivity index (χ2v) is 23.2. The lowest BCUT2D eigenvalue weighted by molar-refractivity contribution is -0.153. The van der Waals surface area contributed by atoms with Gasteiger partial charge in [-0.3, -0.25) is 4.79 Å². The molecule has 0 aliphatic heterocycles. The molecule has 6 nitrogen and oxygen atoms in total. The lowest BCUT2D eigenvalue weighted by atomic mass is 9.68. The highest BCUT2D eigenvalue weighted by Crippen LogP contribution is 2.53. The first-order valence-corrected chi connectivity index (χ1v) is 20.9. The van der Waals surface area contributed by atoms with Gasteiger partial charge in [-0.05, 0) is 55.3 Å². The molecule has 0 bridgehead atoms. The zero-order valence-corrected chi connectivity index (χ0v) is 29.3. The molecule has 0 aromatic heterocycles. The fraction of sp³-hybridized carbons (Fsp3) is 0.697. The van der Waals surface area contributed by atoms with E-state index in [0.29, 0.717) is 12.2 Å². The SMILES string of the molecule is CC[Si](CC)(CC)O[C@@H]1[C@H](C)[C@@H](OC(=O)c2ccccc2)[C@@H]2[C@@H]1C=C(C)[C@@H](CO[Si](C)(C)C(C)(C)C)[C@H]2C(=O)OC. The Labute approximate surface area is 250 Å². The lowest BCUT2D eigenvalue weighted by Crippen LogP contribution is -2.48. The summed E-state index contributed by atoms with van der Waals surface area (Å²) in [6, 6.07) is 12.2. The minimum absolute atomic E-state index is 0.0472. The van der Waals surface area contributed by atoms with E-state index in [1.54, 1.807) is 12.1 Å². The average molecular weight is 603 g/mol. The van der Waals surface area contributed by atoms with Crippen molar-refractivity contribution in [3.63, 3.8) is 0 Å². The number of fused-ring (bicyclic) bond motifs is 1. The van der Waals surface area contributed by atoms with E-state index in [0.717, 1.165) is 23.7 Å². The zero-order chi connectivity index (χ0) is 30.8. The molecule has 2 aliphatic carbocycles. The maximum atomic E-state index is 13.7. The number of hydrogen-bond acceptors (Lipinski definition) is 6. The van der Waals surface area contributed by atoms with Crippen molar-refractivity contribution >= 4 is 28.6 Å². The van der Waals surface area contributed by atoms with Crippen LogP contribution in [0.4, 0.5) is 0 Å². The molecule has 230 valence electrons.